The highest BCUT2D eigenvalue weighted by Crippen LogP contribution is 2.21. The van der Waals surface area contributed by atoms with Gasteiger partial charge in [-0.25, -0.2) is 4.79 Å². The normalized spacial score (nSPS) is 11.0. The highest BCUT2D eigenvalue weighted by molar-refractivity contribution is 5.85. The Morgan fingerprint density at radius 3 is 2.29 bits per heavy atom. The van der Waals surface area contributed by atoms with Crippen LogP contribution in [0.1, 0.15) is 50.7 Å². The maximum atomic E-state index is 10.6. The van der Waals surface area contributed by atoms with Gasteiger partial charge in [0.15, 0.2) is 0 Å². The van der Waals surface area contributed by atoms with Crippen molar-refractivity contribution in [2.45, 2.75) is 46.5 Å². The fourth-order valence-corrected chi connectivity index (χ4v) is 2.27. The van der Waals surface area contributed by atoms with E-state index in [2.05, 4.69) is 30.9 Å². The molecule has 1 N–H and O–H groups in total. The van der Waals surface area contributed by atoms with Gasteiger partial charge in [-0.1, -0.05) is 32.8 Å². The van der Waals surface area contributed by atoms with E-state index in [1.807, 2.05) is 13.0 Å². The van der Waals surface area contributed by atoms with E-state index in [-0.39, 0.29) is 0 Å². The minimum absolute atomic E-state index is 0.911. The van der Waals surface area contributed by atoms with Gasteiger partial charge in [0.2, 0.25) is 0 Å². The molecule has 1 aromatic rings. The molecule has 1 rings (SSSR count). The summed E-state index contributed by atoms with van der Waals surface area (Å²) in [7, 11) is 0. The third-order valence-corrected chi connectivity index (χ3v) is 3.59. The van der Waals surface area contributed by atoms with Gasteiger partial charge in [-0.3, -0.25) is 0 Å². The number of rotatable bonds is 9. The Kier molecular flexibility index (Phi) is 7.59. The average Bonchev–Trinajstić information content (AvgIpc) is 2.46. The molecule has 0 bridgehead atoms. The Hall–Kier alpha value is -1.77. The van der Waals surface area contributed by atoms with Crippen LogP contribution in [0.4, 0.5) is 5.69 Å². The van der Waals surface area contributed by atoms with E-state index in [1.165, 1.54) is 37.4 Å². The van der Waals surface area contributed by atoms with Gasteiger partial charge in [-0.2, -0.15) is 0 Å². The van der Waals surface area contributed by atoms with E-state index >= 15 is 0 Å². The van der Waals surface area contributed by atoms with Crippen LogP contribution in [-0.4, -0.2) is 24.2 Å². The maximum absolute atomic E-state index is 10.6. The van der Waals surface area contributed by atoms with Crippen LogP contribution < -0.4 is 4.90 Å². The van der Waals surface area contributed by atoms with Crippen LogP contribution in [0.25, 0.3) is 6.08 Å². The molecule has 0 amide bonds. The van der Waals surface area contributed by atoms with E-state index in [4.69, 9.17) is 5.11 Å². The van der Waals surface area contributed by atoms with Crippen LogP contribution in [0.15, 0.2) is 24.3 Å². The van der Waals surface area contributed by atoms with Crippen LogP contribution in [0, 0.1) is 6.92 Å². The van der Waals surface area contributed by atoms with Gasteiger partial charge in [0.25, 0.3) is 0 Å². The van der Waals surface area contributed by atoms with Crippen LogP contribution in [0.5, 0.6) is 0 Å². The Labute approximate surface area is 128 Å². The van der Waals surface area contributed by atoms with E-state index in [1.54, 1.807) is 6.08 Å². The van der Waals surface area contributed by atoms with Crippen molar-refractivity contribution in [2.24, 2.45) is 0 Å². The molecule has 0 atom stereocenters. The highest BCUT2D eigenvalue weighted by Gasteiger charge is 2.07. The summed E-state index contributed by atoms with van der Waals surface area (Å²) >= 11 is 0. The summed E-state index contributed by atoms with van der Waals surface area (Å²) in [5, 5.41) is 8.71. The minimum atomic E-state index is -0.911. The molecule has 0 aliphatic carbocycles. The number of aryl methyl sites for hydroxylation is 1. The van der Waals surface area contributed by atoms with Crippen LogP contribution in [0.3, 0.4) is 0 Å². The molecule has 0 saturated carbocycles. The van der Waals surface area contributed by atoms with Crippen molar-refractivity contribution in [2.75, 3.05) is 18.0 Å². The van der Waals surface area contributed by atoms with Crippen LogP contribution in [0.2, 0.25) is 0 Å². The number of carboxylic acid groups (broad SMARTS) is 1. The van der Waals surface area contributed by atoms with Gasteiger partial charge in [0.05, 0.1) is 0 Å². The van der Waals surface area contributed by atoms with E-state index in [0.717, 1.165) is 24.2 Å². The molecule has 3 heteroatoms. The second-order valence-electron chi connectivity index (χ2n) is 5.41. The molecular formula is C18H27NO2. The molecule has 3 nitrogen and oxygen atoms in total. The second kappa shape index (κ2) is 9.22. The molecule has 0 aliphatic heterocycles. The van der Waals surface area contributed by atoms with Gasteiger partial charge >= 0.3 is 5.97 Å². The summed E-state index contributed by atoms with van der Waals surface area (Å²) in [5.41, 5.74) is 3.32. The quantitative estimate of drug-likeness (QED) is 0.680. The molecule has 0 heterocycles. The number of benzene rings is 1. The zero-order chi connectivity index (χ0) is 15.7. The number of nitrogens with zero attached hydrogens (tertiary/aromatic N) is 1. The second-order valence-corrected chi connectivity index (χ2v) is 5.41. The van der Waals surface area contributed by atoms with Crippen molar-refractivity contribution in [1.29, 1.82) is 0 Å². The zero-order valence-corrected chi connectivity index (χ0v) is 13.4. The summed E-state index contributed by atoms with van der Waals surface area (Å²) in [6.07, 6.45) is 7.63. The molecule has 0 aromatic heterocycles. The monoisotopic (exact) mass is 289 g/mol. The smallest absolute Gasteiger partial charge is 0.328 e. The van der Waals surface area contributed by atoms with Crippen molar-refractivity contribution >= 4 is 17.7 Å². The molecule has 116 valence electrons. The lowest BCUT2D eigenvalue weighted by Crippen LogP contribution is -2.25. The fraction of sp³-hybridized carbons (Fsp3) is 0.500. The van der Waals surface area contributed by atoms with Crippen molar-refractivity contribution < 1.29 is 9.90 Å². The molecule has 0 fully saturated rings. The molecule has 0 saturated heterocycles. The largest absolute Gasteiger partial charge is 0.478 e. The lowest BCUT2D eigenvalue weighted by molar-refractivity contribution is -0.131. The first-order chi connectivity index (χ1) is 10.1. The number of aliphatic carboxylic acids is 1. The van der Waals surface area contributed by atoms with E-state index < -0.39 is 5.97 Å². The number of anilines is 1. The van der Waals surface area contributed by atoms with Crippen LogP contribution >= 0.6 is 0 Å². The number of carbonyl (C=O) groups is 1. The zero-order valence-electron chi connectivity index (χ0n) is 13.4. The predicted octanol–water partition coefficient (Wildman–Crippen LogP) is 4.50. The van der Waals surface area contributed by atoms with Gasteiger partial charge in [0.1, 0.15) is 0 Å². The van der Waals surface area contributed by atoms with E-state index in [9.17, 15) is 4.79 Å². The van der Waals surface area contributed by atoms with Crippen molar-refractivity contribution in [3.05, 3.63) is 35.4 Å². The minimum Gasteiger partial charge on any atom is -0.478 e. The number of hydrogen-bond donors (Lipinski definition) is 1. The van der Waals surface area contributed by atoms with Crippen molar-refractivity contribution in [1.82, 2.24) is 0 Å². The first-order valence-corrected chi connectivity index (χ1v) is 7.85. The lowest BCUT2D eigenvalue weighted by atomic mass is 10.1. The SMILES string of the molecule is CCCCN(CCCC)c1ccc(C=CC(=O)O)c(C)c1. The first-order valence-electron chi connectivity index (χ1n) is 7.85. The van der Waals surface area contributed by atoms with Crippen LogP contribution in [-0.2, 0) is 4.79 Å². The van der Waals surface area contributed by atoms with Crippen molar-refractivity contribution in [3.8, 4) is 0 Å². The molecule has 21 heavy (non-hydrogen) atoms. The fourth-order valence-electron chi connectivity index (χ4n) is 2.27. The average molecular weight is 289 g/mol. The molecule has 0 unspecified atom stereocenters. The van der Waals surface area contributed by atoms with Gasteiger partial charge < -0.3 is 10.0 Å². The molecular weight excluding hydrogens is 262 g/mol. The first kappa shape index (κ1) is 17.3. The Balaban J connectivity index is 2.88. The summed E-state index contributed by atoms with van der Waals surface area (Å²) in [5.74, 6) is -0.911. The summed E-state index contributed by atoms with van der Waals surface area (Å²) in [6, 6.07) is 6.27. The third-order valence-electron chi connectivity index (χ3n) is 3.59. The number of carboxylic acids is 1. The number of unbranched alkanes of at least 4 members (excludes halogenated alkanes) is 2. The van der Waals surface area contributed by atoms with Gasteiger partial charge in [0, 0.05) is 24.9 Å². The summed E-state index contributed by atoms with van der Waals surface area (Å²) in [4.78, 5) is 13.0. The van der Waals surface area contributed by atoms with E-state index in [0.29, 0.717) is 0 Å². The predicted molar refractivity (Wildman–Crippen MR) is 89.9 cm³/mol. The highest BCUT2D eigenvalue weighted by atomic mass is 16.4. The number of hydrogen-bond acceptors (Lipinski definition) is 2. The van der Waals surface area contributed by atoms with Crippen molar-refractivity contribution in [3.63, 3.8) is 0 Å². The standard InChI is InChI=1S/C18H27NO2/c1-4-6-12-19(13-7-5-2)17-10-8-16(15(3)14-17)9-11-18(20)21/h8-11,14H,4-7,12-13H2,1-3H3,(H,20,21). The molecule has 0 spiro atoms. The lowest BCUT2D eigenvalue weighted by Gasteiger charge is -2.25. The molecule has 1 aromatic carbocycles. The summed E-state index contributed by atoms with van der Waals surface area (Å²) < 4.78 is 0. The molecule has 0 radical (unpaired) electrons. The Morgan fingerprint density at radius 1 is 1.19 bits per heavy atom. The Morgan fingerprint density at radius 2 is 1.81 bits per heavy atom. The van der Waals surface area contributed by atoms with Gasteiger partial charge in [-0.05, 0) is 49.1 Å². The maximum Gasteiger partial charge on any atom is 0.328 e. The summed E-state index contributed by atoms with van der Waals surface area (Å²) in [6.45, 7) is 8.62. The Bertz CT molecular complexity index is 472. The van der Waals surface area contributed by atoms with Gasteiger partial charge in [-0.15, -0.1) is 0 Å². The topological polar surface area (TPSA) is 40.5 Å². The third kappa shape index (κ3) is 6.03. The molecule has 0 aliphatic rings.